The van der Waals surface area contributed by atoms with Crippen molar-refractivity contribution < 1.29 is 9.53 Å². The first-order chi connectivity index (χ1) is 12.1. The minimum atomic E-state index is -0.127. The number of ether oxygens (including phenoxy) is 1. The number of hydrogen-bond donors (Lipinski definition) is 0. The summed E-state index contributed by atoms with van der Waals surface area (Å²) in [7, 11) is 1.68. The number of nitrogens with zero attached hydrogens (tertiary/aromatic N) is 2. The molecule has 0 unspecified atom stereocenters. The Bertz CT molecular complexity index is 952. The van der Waals surface area contributed by atoms with Crippen LogP contribution >= 0.6 is 11.3 Å². The van der Waals surface area contributed by atoms with Crippen LogP contribution in [-0.2, 0) is 22.5 Å². The topological polar surface area (TPSA) is 43.6 Å². The molecule has 3 aromatic rings. The first-order valence-electron chi connectivity index (χ1n) is 8.29. The van der Waals surface area contributed by atoms with Gasteiger partial charge in [-0.3, -0.25) is 4.79 Å². The maximum Gasteiger partial charge on any atom is 0.252 e. The molecule has 1 amide bonds. The van der Waals surface area contributed by atoms with Crippen LogP contribution in [0.15, 0.2) is 47.5 Å². The van der Waals surface area contributed by atoms with Gasteiger partial charge in [-0.15, -0.1) is 0 Å². The van der Waals surface area contributed by atoms with E-state index < -0.39 is 0 Å². The summed E-state index contributed by atoms with van der Waals surface area (Å²) in [6, 6.07) is 14.3. The lowest BCUT2D eigenvalue weighted by molar-refractivity contribution is -0.117. The predicted molar refractivity (Wildman–Crippen MR) is 102 cm³/mol. The molecule has 0 fully saturated rings. The Morgan fingerprint density at radius 1 is 1.12 bits per heavy atom. The second kappa shape index (κ2) is 7.76. The van der Waals surface area contributed by atoms with Gasteiger partial charge in [0.1, 0.15) is 0 Å². The Kier molecular flexibility index (Phi) is 5.46. The molecule has 5 heteroatoms. The van der Waals surface area contributed by atoms with Crippen LogP contribution in [0.3, 0.4) is 0 Å². The molecular weight excluding hydrogens is 332 g/mol. The third kappa shape index (κ3) is 4.24. The molecule has 0 bridgehead atoms. The van der Waals surface area contributed by atoms with E-state index in [1.165, 1.54) is 11.1 Å². The van der Waals surface area contributed by atoms with Crippen molar-refractivity contribution >= 4 is 27.5 Å². The molecule has 0 atom stereocenters. The Labute approximate surface area is 151 Å². The smallest absolute Gasteiger partial charge is 0.252 e. The molecule has 0 radical (unpaired) electrons. The summed E-state index contributed by atoms with van der Waals surface area (Å²) in [5.41, 5.74) is 4.46. The number of benzene rings is 2. The molecule has 2 aromatic carbocycles. The zero-order chi connectivity index (χ0) is 17.8. The standard InChI is InChI=1S/C20H22N2O2S/c1-14-4-7-16(8-5-14)13-19(23)21-20-22(10-11-24-3)17-9-6-15(2)12-18(17)25-20/h4-9,12H,10-11,13H2,1-3H3. The van der Waals surface area contributed by atoms with E-state index in [4.69, 9.17) is 4.74 Å². The largest absolute Gasteiger partial charge is 0.383 e. The number of amides is 1. The number of carbonyl (C=O) groups excluding carboxylic acids is 1. The number of aromatic nitrogens is 1. The lowest BCUT2D eigenvalue weighted by Gasteiger charge is -2.04. The molecule has 3 rings (SSSR count). The van der Waals surface area contributed by atoms with Gasteiger partial charge in [-0.25, -0.2) is 0 Å². The van der Waals surface area contributed by atoms with Crippen LogP contribution in [0.25, 0.3) is 10.2 Å². The van der Waals surface area contributed by atoms with Crippen LogP contribution < -0.4 is 4.80 Å². The van der Waals surface area contributed by atoms with Gasteiger partial charge in [0.25, 0.3) is 5.91 Å². The van der Waals surface area contributed by atoms with E-state index in [1.54, 1.807) is 18.4 Å². The van der Waals surface area contributed by atoms with Crippen LogP contribution in [0.4, 0.5) is 0 Å². The highest BCUT2D eigenvalue weighted by atomic mass is 32.1. The van der Waals surface area contributed by atoms with Crippen LogP contribution in [0, 0.1) is 13.8 Å². The van der Waals surface area contributed by atoms with Gasteiger partial charge >= 0.3 is 0 Å². The minimum Gasteiger partial charge on any atom is -0.383 e. The van der Waals surface area contributed by atoms with Crippen LogP contribution in [0.2, 0.25) is 0 Å². The van der Waals surface area contributed by atoms with E-state index in [1.807, 2.05) is 31.2 Å². The van der Waals surface area contributed by atoms with Crippen molar-refractivity contribution in [3.05, 3.63) is 64.0 Å². The number of rotatable bonds is 5. The predicted octanol–water partition coefficient (Wildman–Crippen LogP) is 3.64. The van der Waals surface area contributed by atoms with E-state index in [0.29, 0.717) is 19.6 Å². The molecule has 0 saturated heterocycles. The van der Waals surface area contributed by atoms with Crippen molar-refractivity contribution in [1.82, 2.24) is 4.57 Å². The van der Waals surface area contributed by atoms with Crippen molar-refractivity contribution in [2.75, 3.05) is 13.7 Å². The van der Waals surface area contributed by atoms with Gasteiger partial charge in [0.05, 0.1) is 23.2 Å². The second-order valence-corrected chi connectivity index (χ2v) is 7.18. The summed E-state index contributed by atoms with van der Waals surface area (Å²) < 4.78 is 8.41. The zero-order valence-electron chi connectivity index (χ0n) is 14.8. The Hall–Kier alpha value is -2.24. The van der Waals surface area contributed by atoms with Gasteiger partial charge in [0.2, 0.25) is 0 Å². The molecule has 25 heavy (non-hydrogen) atoms. The maximum absolute atomic E-state index is 12.4. The van der Waals surface area contributed by atoms with Crippen molar-refractivity contribution in [2.24, 2.45) is 4.99 Å². The molecule has 0 aliphatic carbocycles. The molecule has 0 saturated carbocycles. The number of thiazole rings is 1. The third-order valence-electron chi connectivity index (χ3n) is 4.05. The third-order valence-corrected chi connectivity index (χ3v) is 5.09. The van der Waals surface area contributed by atoms with Crippen molar-refractivity contribution in [3.8, 4) is 0 Å². The minimum absolute atomic E-state index is 0.127. The van der Waals surface area contributed by atoms with Gasteiger partial charge in [-0.1, -0.05) is 47.2 Å². The summed E-state index contributed by atoms with van der Waals surface area (Å²) in [5, 5.41) is 0. The number of carbonyl (C=O) groups is 1. The Morgan fingerprint density at radius 2 is 1.84 bits per heavy atom. The second-order valence-electron chi connectivity index (χ2n) is 6.17. The molecular formula is C20H22N2O2S. The summed E-state index contributed by atoms with van der Waals surface area (Å²) >= 11 is 1.55. The van der Waals surface area contributed by atoms with Crippen molar-refractivity contribution in [2.45, 2.75) is 26.8 Å². The van der Waals surface area contributed by atoms with E-state index >= 15 is 0 Å². The fourth-order valence-corrected chi connectivity index (χ4v) is 3.86. The zero-order valence-corrected chi connectivity index (χ0v) is 15.6. The highest BCUT2D eigenvalue weighted by Gasteiger charge is 2.09. The molecule has 0 aliphatic rings. The van der Waals surface area contributed by atoms with Gasteiger partial charge in [0.15, 0.2) is 4.80 Å². The fraction of sp³-hybridized carbons (Fsp3) is 0.300. The first-order valence-corrected chi connectivity index (χ1v) is 9.10. The normalized spacial score (nSPS) is 12.0. The van der Waals surface area contributed by atoms with Gasteiger partial charge < -0.3 is 9.30 Å². The Morgan fingerprint density at radius 3 is 2.56 bits per heavy atom. The summed E-state index contributed by atoms with van der Waals surface area (Å²) in [4.78, 5) is 17.5. The van der Waals surface area contributed by atoms with E-state index in [0.717, 1.165) is 20.6 Å². The SMILES string of the molecule is COCCn1c(=NC(=O)Cc2ccc(C)cc2)sc2cc(C)ccc21. The number of hydrogen-bond acceptors (Lipinski definition) is 3. The molecule has 0 spiro atoms. The lowest BCUT2D eigenvalue weighted by Crippen LogP contribution is -2.19. The van der Waals surface area contributed by atoms with Crippen LogP contribution in [0.5, 0.6) is 0 Å². The monoisotopic (exact) mass is 354 g/mol. The van der Waals surface area contributed by atoms with Gasteiger partial charge in [-0.2, -0.15) is 4.99 Å². The Balaban J connectivity index is 1.96. The van der Waals surface area contributed by atoms with Crippen molar-refractivity contribution in [1.29, 1.82) is 0 Å². The summed E-state index contributed by atoms with van der Waals surface area (Å²) in [6.07, 6.45) is 0.317. The molecule has 130 valence electrons. The number of methoxy groups -OCH3 is 1. The van der Waals surface area contributed by atoms with E-state index in [-0.39, 0.29) is 5.91 Å². The first kappa shape index (κ1) is 17.6. The molecule has 0 N–H and O–H groups in total. The van der Waals surface area contributed by atoms with Crippen LogP contribution in [0.1, 0.15) is 16.7 Å². The summed E-state index contributed by atoms with van der Waals surface area (Å²) in [5.74, 6) is -0.127. The lowest BCUT2D eigenvalue weighted by atomic mass is 10.1. The maximum atomic E-state index is 12.4. The van der Waals surface area contributed by atoms with Crippen LogP contribution in [-0.4, -0.2) is 24.2 Å². The quantitative estimate of drug-likeness (QED) is 0.702. The van der Waals surface area contributed by atoms with Crippen molar-refractivity contribution in [3.63, 3.8) is 0 Å². The highest BCUT2D eigenvalue weighted by molar-refractivity contribution is 7.16. The molecule has 0 aliphatic heterocycles. The summed E-state index contributed by atoms with van der Waals surface area (Å²) in [6.45, 7) is 5.36. The molecule has 4 nitrogen and oxygen atoms in total. The highest BCUT2D eigenvalue weighted by Crippen LogP contribution is 2.19. The molecule has 1 aromatic heterocycles. The van der Waals surface area contributed by atoms with E-state index in [9.17, 15) is 4.79 Å². The number of fused-ring (bicyclic) bond motifs is 1. The number of aryl methyl sites for hydroxylation is 2. The van der Waals surface area contributed by atoms with Gasteiger partial charge in [0, 0.05) is 13.7 Å². The average molecular weight is 354 g/mol. The fourth-order valence-electron chi connectivity index (χ4n) is 2.69. The average Bonchev–Trinajstić information content (AvgIpc) is 2.91. The molecule has 1 heterocycles. The van der Waals surface area contributed by atoms with Gasteiger partial charge in [-0.05, 0) is 37.1 Å². The van der Waals surface area contributed by atoms with E-state index in [2.05, 4.69) is 34.7 Å².